The Morgan fingerprint density at radius 2 is 0.625 bits per heavy atom. The Hall–Kier alpha value is -2.91. The molecule has 0 aromatic rings. The van der Waals surface area contributed by atoms with Crippen LogP contribution >= 0.6 is 0 Å². The van der Waals surface area contributed by atoms with Crippen LogP contribution in [0, 0.1) is 0 Å². The Kier molecular flexibility index (Phi) is 49.8. The van der Waals surface area contributed by atoms with Gasteiger partial charge in [-0.2, -0.15) is 0 Å². The number of unbranched alkanes of at least 4 members (excludes halogenated alkanes) is 1. The summed E-state index contributed by atoms with van der Waals surface area (Å²) in [5.41, 5.74) is -1.46. The number of amides is 2. The van der Waals surface area contributed by atoms with Gasteiger partial charge in [-0.3, -0.25) is 14.4 Å². The van der Waals surface area contributed by atoms with Crippen molar-refractivity contribution in [2.45, 2.75) is 123 Å². The van der Waals surface area contributed by atoms with Gasteiger partial charge in [0.05, 0.1) is 199 Å². The van der Waals surface area contributed by atoms with Crippen molar-refractivity contribution in [1.29, 1.82) is 0 Å². The molecule has 3 aliphatic heterocycles. The van der Waals surface area contributed by atoms with Crippen molar-refractivity contribution >= 4 is 17.8 Å². The van der Waals surface area contributed by atoms with Crippen molar-refractivity contribution in [3.05, 3.63) is 0 Å². The number of rotatable bonds is 61. The third-order valence-corrected chi connectivity index (χ3v) is 14.0. The lowest BCUT2D eigenvalue weighted by atomic mass is 9.99. The minimum Gasteiger partial charge on any atom is -0.469 e. The average molecular weight is 1410 g/mol. The van der Waals surface area contributed by atoms with Gasteiger partial charge >= 0.3 is 5.97 Å². The van der Waals surface area contributed by atoms with Gasteiger partial charge in [0.25, 0.3) is 0 Å². The van der Waals surface area contributed by atoms with Gasteiger partial charge < -0.3 is 176 Å². The molecule has 3 fully saturated rings. The number of aliphatic hydroxyl groups is 12. The number of esters is 1. The first-order valence-electron chi connectivity index (χ1n) is 31.6. The van der Waals surface area contributed by atoms with Crippen molar-refractivity contribution in [3.8, 4) is 0 Å². The molecule has 3 saturated heterocycles. The van der Waals surface area contributed by atoms with Crippen molar-refractivity contribution in [1.82, 2.24) is 10.6 Å². The van der Waals surface area contributed by atoms with E-state index in [9.17, 15) is 75.7 Å². The number of nitrogens with one attached hydrogen (secondary N) is 2. The first-order chi connectivity index (χ1) is 46.5. The zero-order chi connectivity index (χ0) is 70.0. The maximum Gasteiger partial charge on any atom is 0.305 e. The van der Waals surface area contributed by atoms with Crippen LogP contribution in [-0.4, -0.2) is 403 Å². The molecule has 0 saturated carbocycles. The highest BCUT2D eigenvalue weighted by Gasteiger charge is 2.46. The molecule has 2 amide bonds. The van der Waals surface area contributed by atoms with Crippen LogP contribution < -0.4 is 10.6 Å². The van der Waals surface area contributed by atoms with Gasteiger partial charge in [-0.25, -0.2) is 0 Å². The van der Waals surface area contributed by atoms with E-state index in [0.717, 1.165) is 0 Å². The van der Waals surface area contributed by atoms with Gasteiger partial charge in [0.1, 0.15) is 106 Å². The lowest BCUT2D eigenvalue weighted by Crippen LogP contribution is -2.60. The maximum absolute atomic E-state index is 13.5. The number of hydrogen-bond acceptors (Lipinski definition) is 37. The quantitative estimate of drug-likeness (QED) is 0.0153. The summed E-state index contributed by atoms with van der Waals surface area (Å²) in [4.78, 5) is 37.7. The number of carbonyl (C=O) groups excluding carboxylic acids is 3. The molecule has 3 rings (SSSR count). The molecule has 566 valence electrons. The summed E-state index contributed by atoms with van der Waals surface area (Å²) in [6, 6.07) is 0. The molecular weight excluding hydrogens is 1300 g/mol. The van der Waals surface area contributed by atoms with Crippen molar-refractivity contribution in [2.75, 3.05) is 226 Å². The maximum atomic E-state index is 13.5. The van der Waals surface area contributed by atoms with Gasteiger partial charge in [-0.1, -0.05) is 0 Å². The van der Waals surface area contributed by atoms with Crippen LogP contribution in [0.4, 0.5) is 0 Å². The van der Waals surface area contributed by atoms with E-state index < -0.39 is 142 Å². The van der Waals surface area contributed by atoms with Gasteiger partial charge in [0.15, 0.2) is 18.9 Å². The number of methoxy groups -OCH3 is 1. The molecule has 96 heavy (non-hydrogen) atoms. The van der Waals surface area contributed by atoms with Gasteiger partial charge in [-0.05, 0) is 12.8 Å². The van der Waals surface area contributed by atoms with E-state index in [4.69, 9.17) is 99.5 Å². The molecule has 3 aliphatic rings. The summed E-state index contributed by atoms with van der Waals surface area (Å²) >= 11 is 0. The Balaban J connectivity index is 1.41. The Bertz CT molecular complexity index is 1910. The van der Waals surface area contributed by atoms with Crippen LogP contribution in [0.15, 0.2) is 0 Å². The fraction of sp³-hybridized carbons (Fsp3) is 0.947. The number of ether oxygens (including phenoxy) is 22. The fourth-order valence-electron chi connectivity index (χ4n) is 8.70. The van der Waals surface area contributed by atoms with Crippen LogP contribution in [0.1, 0.15) is 25.7 Å². The zero-order valence-corrected chi connectivity index (χ0v) is 54.4. The number of carbonyl (C=O) groups is 3. The molecule has 16 atom stereocenters. The highest BCUT2D eigenvalue weighted by molar-refractivity contribution is 5.85. The minimum absolute atomic E-state index is 0.00216. The van der Waals surface area contributed by atoms with E-state index >= 15 is 0 Å². The summed E-state index contributed by atoms with van der Waals surface area (Å²) in [6.07, 6.45) is -19.9. The molecule has 1 unspecified atom stereocenters. The minimum atomic E-state index is -1.57. The second-order valence-corrected chi connectivity index (χ2v) is 21.4. The van der Waals surface area contributed by atoms with E-state index in [-0.39, 0.29) is 205 Å². The molecule has 0 aliphatic carbocycles. The molecule has 39 nitrogen and oxygen atoms in total. The predicted molar refractivity (Wildman–Crippen MR) is 316 cm³/mol. The molecule has 14 N–H and O–H groups in total. The SMILES string of the molecule is COC(=O)CCCCC(=O)NCC(=O)NC(COCOCCOCCOCCOCCO[C@@H]1O[C@H](CO)[C@H](O)[C@H](O)[C@H]1O)(COCOCCOCCOCCO[C@@H]1O[C@H](CO)[C@H](O)[C@H](O)[C@H]1O)COCOCOCCOCCOCCOCCO[C@@H]1O[C@H](CO)[C@H](O)[C@H](O)[C@H]1O. The van der Waals surface area contributed by atoms with E-state index in [1.165, 1.54) is 7.11 Å². The van der Waals surface area contributed by atoms with Gasteiger partial charge in [0.2, 0.25) is 11.8 Å². The largest absolute Gasteiger partial charge is 0.469 e. The Morgan fingerprint density at radius 3 is 0.938 bits per heavy atom. The van der Waals surface area contributed by atoms with Crippen LogP contribution in [0.3, 0.4) is 0 Å². The molecular formula is C57H106N2O37. The van der Waals surface area contributed by atoms with Gasteiger partial charge in [-0.15, -0.1) is 0 Å². The van der Waals surface area contributed by atoms with E-state index in [1.807, 2.05) is 0 Å². The van der Waals surface area contributed by atoms with E-state index in [0.29, 0.717) is 12.8 Å². The third-order valence-electron chi connectivity index (χ3n) is 14.0. The average Bonchev–Trinajstić information content (AvgIpc) is 0.883. The van der Waals surface area contributed by atoms with Crippen LogP contribution in [0.2, 0.25) is 0 Å². The van der Waals surface area contributed by atoms with Crippen molar-refractivity contribution < 1.29 is 180 Å². The molecule has 0 aromatic heterocycles. The molecule has 0 bridgehead atoms. The van der Waals surface area contributed by atoms with E-state index in [2.05, 4.69) is 15.4 Å². The predicted octanol–water partition coefficient (Wildman–Crippen LogP) is -8.78. The topological polar surface area (TPSA) is 521 Å². The lowest BCUT2D eigenvalue weighted by Gasteiger charge is -2.39. The molecule has 0 spiro atoms. The molecule has 39 heteroatoms. The summed E-state index contributed by atoms with van der Waals surface area (Å²) in [5.74, 6) is -1.49. The second kappa shape index (κ2) is 54.8. The van der Waals surface area contributed by atoms with Crippen LogP contribution in [-0.2, 0) is 119 Å². The number of hydrogen-bond donors (Lipinski definition) is 14. The van der Waals surface area contributed by atoms with Crippen molar-refractivity contribution in [3.63, 3.8) is 0 Å². The first-order valence-corrected chi connectivity index (χ1v) is 31.6. The molecule has 0 radical (unpaired) electrons. The summed E-state index contributed by atoms with van der Waals surface area (Å²) in [7, 11) is 1.27. The van der Waals surface area contributed by atoms with Crippen LogP contribution in [0.25, 0.3) is 0 Å². The second-order valence-electron chi connectivity index (χ2n) is 21.4. The Labute approximate surface area is 556 Å². The first kappa shape index (κ1) is 87.3. The highest BCUT2D eigenvalue weighted by Crippen LogP contribution is 2.24. The molecule has 0 aromatic carbocycles. The smallest absolute Gasteiger partial charge is 0.305 e. The lowest BCUT2D eigenvalue weighted by molar-refractivity contribution is -0.302. The zero-order valence-electron chi connectivity index (χ0n) is 54.4. The van der Waals surface area contributed by atoms with Crippen LogP contribution in [0.5, 0.6) is 0 Å². The third kappa shape index (κ3) is 37.1. The summed E-state index contributed by atoms with van der Waals surface area (Å²) in [5, 5.41) is 123. The molecule has 3 heterocycles. The summed E-state index contributed by atoms with van der Waals surface area (Å²) in [6.45, 7) is -0.909. The fourth-order valence-corrected chi connectivity index (χ4v) is 8.70. The highest BCUT2D eigenvalue weighted by atomic mass is 16.8. The van der Waals surface area contributed by atoms with Crippen molar-refractivity contribution in [2.24, 2.45) is 0 Å². The summed E-state index contributed by atoms with van der Waals surface area (Å²) < 4.78 is 120. The van der Waals surface area contributed by atoms with E-state index in [1.54, 1.807) is 0 Å². The standard InChI is InChI=1S/C57H106N2O37/c1-75-44(65)5-3-2-4-42(63)58-28-43(64)59-57(33-88-36-85-20-17-80-12-15-83-24-27-93-56-53(74)50(71)47(68)41(31-62)96-56,32-87-35-84-19-16-78-8-6-76-10-13-81-22-25-91-54-51(72)48(69)45(66)39(29-60)94-54)34-89-38-90-37-86-21-18-79-9-7-77-11-14-82-23-26-92-55-52(73)49(70)46(67)40(30-61)95-55/h39-41,45-56,60-62,66-74H,2-38H2,1H3,(H,58,63)(H,59,64)/t39-,40-,41-,45+,46+,47+,48+,49+,50+,51-,52-,53-,54-,55-,56-,57?/m1/s1. The normalized spacial score (nSPS) is 26.8. The van der Waals surface area contributed by atoms with Gasteiger partial charge in [0, 0.05) is 12.8 Å². The monoisotopic (exact) mass is 1410 g/mol. The Morgan fingerprint density at radius 1 is 0.344 bits per heavy atom. The number of aliphatic hydroxyl groups excluding tert-OH is 12.